The van der Waals surface area contributed by atoms with Crippen LogP contribution in [0.15, 0.2) is 95.5 Å². The van der Waals surface area contributed by atoms with Gasteiger partial charge in [-0.3, -0.25) is 4.98 Å². The van der Waals surface area contributed by atoms with E-state index < -0.39 is 0 Å². The molecule has 0 unspecified atom stereocenters. The first kappa shape index (κ1) is 21.6. The second-order valence-corrected chi connectivity index (χ2v) is 10.7. The SMILES string of the molecule is Cc1cnc(-c2ccc(-c3cccc4c3ccc3oc5ccccc5c34)cc2)cc1CC(C)(C)C. The van der Waals surface area contributed by atoms with Crippen molar-refractivity contribution in [3.05, 3.63) is 102 Å². The number of aryl methyl sites for hydroxylation is 1. The van der Waals surface area contributed by atoms with Gasteiger partial charge in [0.15, 0.2) is 0 Å². The smallest absolute Gasteiger partial charge is 0.136 e. The molecule has 0 aliphatic carbocycles. The quantitative estimate of drug-likeness (QED) is 0.266. The highest BCUT2D eigenvalue weighted by molar-refractivity contribution is 6.20. The van der Waals surface area contributed by atoms with Gasteiger partial charge in [-0.1, -0.05) is 87.5 Å². The zero-order valence-electron chi connectivity index (χ0n) is 20.7. The highest BCUT2D eigenvalue weighted by Gasteiger charge is 2.15. The van der Waals surface area contributed by atoms with Crippen molar-refractivity contribution < 1.29 is 4.42 Å². The minimum atomic E-state index is 0.243. The Hall–Kier alpha value is -3.91. The van der Waals surface area contributed by atoms with Crippen molar-refractivity contribution in [3.8, 4) is 22.4 Å². The maximum absolute atomic E-state index is 6.11. The molecule has 35 heavy (non-hydrogen) atoms. The topological polar surface area (TPSA) is 26.0 Å². The van der Waals surface area contributed by atoms with Crippen molar-refractivity contribution in [1.29, 1.82) is 0 Å². The first-order valence-electron chi connectivity index (χ1n) is 12.3. The fourth-order valence-corrected chi connectivity index (χ4v) is 5.14. The molecular formula is C33H29NO. The number of hydrogen-bond acceptors (Lipinski definition) is 2. The molecule has 2 nitrogen and oxygen atoms in total. The summed E-state index contributed by atoms with van der Waals surface area (Å²) in [5, 5.41) is 4.81. The molecule has 2 heterocycles. The summed E-state index contributed by atoms with van der Waals surface area (Å²) in [6.45, 7) is 9.00. The lowest BCUT2D eigenvalue weighted by atomic mass is 9.86. The maximum Gasteiger partial charge on any atom is 0.136 e. The highest BCUT2D eigenvalue weighted by atomic mass is 16.3. The molecule has 0 amide bonds. The molecular weight excluding hydrogens is 426 g/mol. The van der Waals surface area contributed by atoms with Gasteiger partial charge in [0.25, 0.3) is 0 Å². The van der Waals surface area contributed by atoms with Crippen LogP contribution in [0.5, 0.6) is 0 Å². The van der Waals surface area contributed by atoms with E-state index in [4.69, 9.17) is 9.40 Å². The van der Waals surface area contributed by atoms with E-state index in [1.54, 1.807) is 0 Å². The Morgan fingerprint density at radius 3 is 2.26 bits per heavy atom. The molecule has 0 fully saturated rings. The number of pyridine rings is 1. The minimum Gasteiger partial charge on any atom is -0.456 e. The summed E-state index contributed by atoms with van der Waals surface area (Å²) in [6.07, 6.45) is 3.05. The fraction of sp³-hybridized carbons (Fsp3) is 0.182. The zero-order valence-corrected chi connectivity index (χ0v) is 20.7. The monoisotopic (exact) mass is 455 g/mol. The molecule has 2 aromatic heterocycles. The number of para-hydroxylation sites is 1. The molecule has 6 aromatic rings. The third-order valence-corrected chi connectivity index (χ3v) is 6.83. The summed E-state index contributed by atoms with van der Waals surface area (Å²) in [5.74, 6) is 0. The second kappa shape index (κ2) is 8.09. The molecule has 0 aliphatic rings. The van der Waals surface area contributed by atoms with E-state index in [1.165, 1.54) is 38.4 Å². The summed E-state index contributed by atoms with van der Waals surface area (Å²) in [7, 11) is 0. The molecule has 0 atom stereocenters. The normalized spacial score (nSPS) is 12.1. The molecule has 0 radical (unpaired) electrons. The molecule has 6 rings (SSSR count). The standard InChI is InChI=1S/C33H29NO/c1-21-20-34-29(18-24(21)19-33(2,3)4)23-14-12-22(13-15-23)25-9-7-10-27-26(25)16-17-31-32(27)28-8-5-6-11-30(28)35-31/h5-18,20H,19H2,1-4H3. The minimum absolute atomic E-state index is 0.243. The van der Waals surface area contributed by atoms with Gasteiger partial charge in [0.1, 0.15) is 11.2 Å². The van der Waals surface area contributed by atoms with Gasteiger partial charge in [-0.15, -0.1) is 0 Å². The Morgan fingerprint density at radius 2 is 1.46 bits per heavy atom. The molecule has 2 heteroatoms. The first-order chi connectivity index (χ1) is 16.9. The number of benzene rings is 4. The van der Waals surface area contributed by atoms with Crippen LogP contribution in [-0.4, -0.2) is 4.98 Å². The maximum atomic E-state index is 6.11. The van der Waals surface area contributed by atoms with Crippen LogP contribution >= 0.6 is 0 Å². The van der Waals surface area contributed by atoms with Crippen LogP contribution < -0.4 is 0 Å². The number of aromatic nitrogens is 1. The van der Waals surface area contributed by atoms with Gasteiger partial charge in [0, 0.05) is 22.5 Å². The van der Waals surface area contributed by atoms with E-state index in [2.05, 4.69) is 100 Å². The number of fused-ring (bicyclic) bond motifs is 5. The van der Waals surface area contributed by atoms with E-state index in [0.29, 0.717) is 0 Å². The van der Waals surface area contributed by atoms with E-state index in [1.807, 2.05) is 18.3 Å². The Kier molecular flexibility index (Phi) is 5.00. The Balaban J connectivity index is 1.43. The Labute approximate surface area is 206 Å². The van der Waals surface area contributed by atoms with Crippen molar-refractivity contribution in [2.45, 2.75) is 34.1 Å². The molecule has 0 aliphatic heterocycles. The summed E-state index contributed by atoms with van der Waals surface area (Å²) >= 11 is 0. The van der Waals surface area contributed by atoms with Gasteiger partial charge in [-0.2, -0.15) is 0 Å². The zero-order chi connectivity index (χ0) is 24.2. The van der Waals surface area contributed by atoms with E-state index >= 15 is 0 Å². The van der Waals surface area contributed by atoms with Crippen LogP contribution in [0.2, 0.25) is 0 Å². The van der Waals surface area contributed by atoms with Crippen LogP contribution in [0, 0.1) is 12.3 Å². The van der Waals surface area contributed by atoms with E-state index in [9.17, 15) is 0 Å². The predicted octanol–water partition coefficient (Wildman–Crippen LogP) is 9.37. The summed E-state index contributed by atoms with van der Waals surface area (Å²) in [4.78, 5) is 4.74. The van der Waals surface area contributed by atoms with Crippen LogP contribution in [0.3, 0.4) is 0 Å². The fourth-order valence-electron chi connectivity index (χ4n) is 5.14. The number of hydrogen-bond donors (Lipinski definition) is 0. The van der Waals surface area contributed by atoms with Crippen molar-refractivity contribution in [2.75, 3.05) is 0 Å². The van der Waals surface area contributed by atoms with Gasteiger partial charge in [-0.05, 0) is 70.0 Å². The average Bonchev–Trinajstić information content (AvgIpc) is 3.23. The van der Waals surface area contributed by atoms with Gasteiger partial charge in [-0.25, -0.2) is 0 Å². The number of nitrogens with zero attached hydrogens (tertiary/aromatic N) is 1. The summed E-state index contributed by atoms with van der Waals surface area (Å²) in [5.41, 5.74) is 9.35. The van der Waals surface area contributed by atoms with Crippen LogP contribution in [-0.2, 0) is 6.42 Å². The van der Waals surface area contributed by atoms with Gasteiger partial charge in [0.2, 0.25) is 0 Å². The lowest BCUT2D eigenvalue weighted by Crippen LogP contribution is -2.10. The van der Waals surface area contributed by atoms with Crippen molar-refractivity contribution >= 4 is 32.7 Å². The molecule has 172 valence electrons. The third kappa shape index (κ3) is 3.89. The van der Waals surface area contributed by atoms with Crippen LogP contribution in [0.1, 0.15) is 31.9 Å². The summed E-state index contributed by atoms with van der Waals surface area (Å²) in [6, 6.07) is 30.2. The predicted molar refractivity (Wildman–Crippen MR) is 148 cm³/mol. The molecule has 0 saturated heterocycles. The largest absolute Gasteiger partial charge is 0.456 e. The van der Waals surface area contributed by atoms with E-state index in [-0.39, 0.29) is 5.41 Å². The van der Waals surface area contributed by atoms with Crippen LogP contribution in [0.25, 0.3) is 55.1 Å². The highest BCUT2D eigenvalue weighted by Crippen LogP contribution is 2.38. The number of furan rings is 1. The van der Waals surface area contributed by atoms with Crippen molar-refractivity contribution in [2.24, 2.45) is 5.41 Å². The molecule has 0 bridgehead atoms. The van der Waals surface area contributed by atoms with Gasteiger partial charge in [0.05, 0.1) is 5.69 Å². The van der Waals surface area contributed by atoms with Crippen LogP contribution in [0.4, 0.5) is 0 Å². The Bertz CT molecular complexity index is 1700. The lowest BCUT2D eigenvalue weighted by molar-refractivity contribution is 0.410. The molecule has 4 aromatic carbocycles. The third-order valence-electron chi connectivity index (χ3n) is 6.83. The second-order valence-electron chi connectivity index (χ2n) is 10.7. The number of rotatable bonds is 3. The first-order valence-corrected chi connectivity index (χ1v) is 12.3. The molecule has 0 N–H and O–H groups in total. The average molecular weight is 456 g/mol. The summed E-state index contributed by atoms with van der Waals surface area (Å²) < 4.78 is 6.11. The van der Waals surface area contributed by atoms with E-state index in [0.717, 1.165) is 34.2 Å². The lowest BCUT2D eigenvalue weighted by Gasteiger charge is -2.20. The van der Waals surface area contributed by atoms with Crippen molar-refractivity contribution in [3.63, 3.8) is 0 Å². The van der Waals surface area contributed by atoms with Crippen molar-refractivity contribution in [1.82, 2.24) is 4.98 Å². The Morgan fingerprint density at radius 1 is 0.714 bits per heavy atom. The molecule has 0 spiro atoms. The molecule has 0 saturated carbocycles. The van der Waals surface area contributed by atoms with Gasteiger partial charge >= 0.3 is 0 Å². The van der Waals surface area contributed by atoms with Gasteiger partial charge < -0.3 is 4.42 Å².